The molecule has 4 nitrogen and oxygen atoms in total. The van der Waals surface area contributed by atoms with Crippen molar-refractivity contribution in [1.82, 2.24) is 4.98 Å². The number of rotatable bonds is 5. The minimum Gasteiger partial charge on any atom is -0.297 e. The number of nitriles is 1. The van der Waals surface area contributed by atoms with Crippen LogP contribution in [0.2, 0.25) is 5.02 Å². The number of carbonyl (C=O) groups is 1. The maximum atomic E-state index is 13.0. The predicted octanol–water partition coefficient (Wildman–Crippen LogP) is 5.07. The summed E-state index contributed by atoms with van der Waals surface area (Å²) < 4.78 is 13.0. The first-order valence-electron chi connectivity index (χ1n) is 7.92. The van der Waals surface area contributed by atoms with Gasteiger partial charge in [-0.2, -0.15) is 5.26 Å². The predicted molar refractivity (Wildman–Crippen MR) is 105 cm³/mol. The molecule has 2 aromatic carbocycles. The molecule has 134 valence electrons. The molecule has 0 aliphatic rings. The third kappa shape index (κ3) is 5.00. The molecule has 3 aromatic rings. The molecule has 3 rings (SSSR count). The smallest absolute Gasteiger partial charge is 0.268 e. The minimum atomic E-state index is -0.555. The van der Waals surface area contributed by atoms with Gasteiger partial charge in [0, 0.05) is 22.5 Å². The number of nitrogens with one attached hydrogen (secondary N) is 1. The Labute approximate surface area is 164 Å². The zero-order valence-corrected chi connectivity index (χ0v) is 15.5. The molecular weight excluding hydrogens is 385 g/mol. The van der Waals surface area contributed by atoms with Crippen molar-refractivity contribution >= 4 is 40.1 Å². The molecule has 0 unspecified atom stereocenters. The largest absolute Gasteiger partial charge is 0.297 e. The van der Waals surface area contributed by atoms with E-state index in [1.54, 1.807) is 42.6 Å². The number of aromatic nitrogens is 1. The van der Waals surface area contributed by atoms with Gasteiger partial charge in [-0.15, -0.1) is 11.3 Å². The van der Waals surface area contributed by atoms with Crippen LogP contribution in [0.3, 0.4) is 0 Å². The van der Waals surface area contributed by atoms with Gasteiger partial charge >= 0.3 is 0 Å². The first-order valence-corrected chi connectivity index (χ1v) is 9.11. The standard InChI is InChI=1S/C20H13ClFN3OS/c21-18-4-2-1-3-14(18)10-15(11-23)19(26)25-20-24-12-17(27-20)9-13-5-7-16(22)8-6-13/h1-8,10,12H,9H2,(H,24,25,26)/b15-10+. The van der Waals surface area contributed by atoms with E-state index in [0.717, 1.165) is 10.4 Å². The van der Waals surface area contributed by atoms with Crippen LogP contribution in [0.5, 0.6) is 0 Å². The molecule has 1 N–H and O–H groups in total. The fourth-order valence-corrected chi connectivity index (χ4v) is 3.34. The Morgan fingerprint density at radius 3 is 2.70 bits per heavy atom. The van der Waals surface area contributed by atoms with Crippen molar-refractivity contribution in [2.24, 2.45) is 0 Å². The van der Waals surface area contributed by atoms with Gasteiger partial charge in [0.15, 0.2) is 5.13 Å². The van der Waals surface area contributed by atoms with E-state index in [1.165, 1.54) is 29.5 Å². The van der Waals surface area contributed by atoms with Gasteiger partial charge in [-0.1, -0.05) is 41.9 Å². The SMILES string of the molecule is N#C/C(=C\c1ccccc1Cl)C(=O)Nc1ncc(Cc2ccc(F)cc2)s1. The van der Waals surface area contributed by atoms with Gasteiger partial charge in [0.25, 0.3) is 5.91 Å². The normalized spacial score (nSPS) is 11.1. The number of thiazole rings is 1. The Balaban J connectivity index is 1.70. The summed E-state index contributed by atoms with van der Waals surface area (Å²) in [6.07, 6.45) is 3.66. The van der Waals surface area contributed by atoms with E-state index < -0.39 is 5.91 Å². The summed E-state index contributed by atoms with van der Waals surface area (Å²) in [5.74, 6) is -0.842. The number of halogens is 2. The van der Waals surface area contributed by atoms with Crippen LogP contribution < -0.4 is 5.32 Å². The molecule has 0 aliphatic heterocycles. The van der Waals surface area contributed by atoms with E-state index in [4.69, 9.17) is 11.6 Å². The summed E-state index contributed by atoms with van der Waals surface area (Å²) in [7, 11) is 0. The first-order chi connectivity index (χ1) is 13.0. The molecule has 0 fully saturated rings. The molecule has 27 heavy (non-hydrogen) atoms. The summed E-state index contributed by atoms with van der Waals surface area (Å²) in [6.45, 7) is 0. The number of benzene rings is 2. The number of hydrogen-bond acceptors (Lipinski definition) is 4. The van der Waals surface area contributed by atoms with Gasteiger partial charge in [0.1, 0.15) is 17.5 Å². The summed E-state index contributed by atoms with van der Waals surface area (Å²) in [5, 5.41) is 12.7. The Hall–Kier alpha value is -3.01. The quantitative estimate of drug-likeness (QED) is 0.482. The molecule has 1 heterocycles. The fraction of sp³-hybridized carbons (Fsp3) is 0.0500. The molecule has 0 bridgehead atoms. The summed E-state index contributed by atoms with van der Waals surface area (Å²) >= 11 is 7.36. The van der Waals surface area contributed by atoms with Crippen LogP contribution in [0.15, 0.2) is 60.3 Å². The first kappa shape index (κ1) is 18.8. The van der Waals surface area contributed by atoms with E-state index in [2.05, 4.69) is 10.3 Å². The molecule has 0 spiro atoms. The van der Waals surface area contributed by atoms with E-state index in [-0.39, 0.29) is 11.4 Å². The van der Waals surface area contributed by atoms with Gasteiger partial charge in [0.2, 0.25) is 0 Å². The van der Waals surface area contributed by atoms with Gasteiger partial charge in [-0.25, -0.2) is 9.37 Å². The summed E-state index contributed by atoms with van der Waals surface area (Å²) in [6, 6.07) is 15.0. The van der Waals surface area contributed by atoms with Crippen LogP contribution in [-0.4, -0.2) is 10.9 Å². The van der Waals surface area contributed by atoms with Crippen molar-refractivity contribution < 1.29 is 9.18 Å². The lowest BCUT2D eigenvalue weighted by Gasteiger charge is -2.01. The third-order valence-corrected chi connectivity index (χ3v) is 4.89. The Morgan fingerprint density at radius 1 is 1.26 bits per heavy atom. The van der Waals surface area contributed by atoms with Crippen LogP contribution in [0.4, 0.5) is 9.52 Å². The fourth-order valence-electron chi connectivity index (χ4n) is 2.31. The summed E-state index contributed by atoms with van der Waals surface area (Å²) in [4.78, 5) is 17.4. The van der Waals surface area contributed by atoms with Crippen molar-refractivity contribution in [2.45, 2.75) is 6.42 Å². The van der Waals surface area contributed by atoms with Crippen LogP contribution in [0.1, 0.15) is 16.0 Å². The maximum absolute atomic E-state index is 13.0. The van der Waals surface area contributed by atoms with Crippen molar-refractivity contribution in [3.05, 3.63) is 87.1 Å². The van der Waals surface area contributed by atoms with Crippen LogP contribution in [-0.2, 0) is 11.2 Å². The Bertz CT molecular complexity index is 1040. The lowest BCUT2D eigenvalue weighted by atomic mass is 10.1. The van der Waals surface area contributed by atoms with Crippen molar-refractivity contribution in [3.8, 4) is 6.07 Å². The second-order valence-electron chi connectivity index (χ2n) is 5.58. The monoisotopic (exact) mass is 397 g/mol. The molecule has 0 atom stereocenters. The highest BCUT2D eigenvalue weighted by atomic mass is 35.5. The van der Waals surface area contributed by atoms with Gasteiger partial charge in [-0.05, 0) is 35.4 Å². The molecule has 0 aliphatic carbocycles. The Kier molecular flexibility index (Phi) is 5.97. The maximum Gasteiger partial charge on any atom is 0.268 e. The minimum absolute atomic E-state index is 0.0709. The zero-order chi connectivity index (χ0) is 19.2. The van der Waals surface area contributed by atoms with E-state index >= 15 is 0 Å². The second-order valence-corrected chi connectivity index (χ2v) is 7.10. The van der Waals surface area contributed by atoms with Crippen molar-refractivity contribution in [1.29, 1.82) is 5.26 Å². The van der Waals surface area contributed by atoms with E-state index in [0.29, 0.717) is 22.1 Å². The van der Waals surface area contributed by atoms with Crippen LogP contribution >= 0.6 is 22.9 Å². The van der Waals surface area contributed by atoms with Gasteiger partial charge in [-0.3, -0.25) is 10.1 Å². The third-order valence-electron chi connectivity index (χ3n) is 3.64. The van der Waals surface area contributed by atoms with Crippen molar-refractivity contribution in [2.75, 3.05) is 5.32 Å². The van der Waals surface area contributed by atoms with Crippen LogP contribution in [0.25, 0.3) is 6.08 Å². The highest BCUT2D eigenvalue weighted by molar-refractivity contribution is 7.15. The average Bonchev–Trinajstić information content (AvgIpc) is 3.09. The number of carbonyl (C=O) groups excluding carboxylic acids is 1. The molecule has 7 heteroatoms. The second kappa shape index (κ2) is 8.58. The molecule has 0 saturated heterocycles. The highest BCUT2D eigenvalue weighted by Gasteiger charge is 2.13. The van der Waals surface area contributed by atoms with Gasteiger partial charge in [0.05, 0.1) is 0 Å². The topological polar surface area (TPSA) is 65.8 Å². The number of anilines is 1. The lowest BCUT2D eigenvalue weighted by Crippen LogP contribution is -2.13. The van der Waals surface area contributed by atoms with E-state index in [9.17, 15) is 14.4 Å². The van der Waals surface area contributed by atoms with E-state index in [1.807, 2.05) is 6.07 Å². The molecule has 1 aromatic heterocycles. The summed E-state index contributed by atoms with van der Waals surface area (Å²) in [5.41, 5.74) is 1.45. The number of hydrogen-bond donors (Lipinski definition) is 1. The average molecular weight is 398 g/mol. The molecular formula is C20H13ClFN3OS. The number of nitrogens with zero attached hydrogens (tertiary/aromatic N) is 2. The number of amides is 1. The molecule has 0 radical (unpaired) electrons. The Morgan fingerprint density at radius 2 is 2.00 bits per heavy atom. The zero-order valence-electron chi connectivity index (χ0n) is 13.9. The van der Waals surface area contributed by atoms with Crippen LogP contribution in [0, 0.1) is 17.1 Å². The lowest BCUT2D eigenvalue weighted by molar-refractivity contribution is -0.112. The van der Waals surface area contributed by atoms with Gasteiger partial charge < -0.3 is 0 Å². The van der Waals surface area contributed by atoms with Crippen molar-refractivity contribution in [3.63, 3.8) is 0 Å². The molecule has 0 saturated carbocycles. The highest BCUT2D eigenvalue weighted by Crippen LogP contribution is 2.23. The molecule has 1 amide bonds.